The number of nitrogens with zero attached hydrogens (tertiary/aromatic N) is 2. The van der Waals surface area contributed by atoms with Gasteiger partial charge in [0.05, 0.1) is 18.7 Å². The zero-order chi connectivity index (χ0) is 14.9. The fraction of sp³-hybridized carbons (Fsp3) is 0.562. The van der Waals surface area contributed by atoms with E-state index in [-0.39, 0.29) is 17.6 Å². The summed E-state index contributed by atoms with van der Waals surface area (Å²) in [7, 11) is 1.58. The molecule has 1 aromatic carbocycles. The second kappa shape index (κ2) is 5.43. The minimum atomic E-state index is 0.0610. The van der Waals surface area contributed by atoms with Gasteiger partial charge in [0.25, 0.3) is 0 Å². The molecular weight excluding hydrogens is 250 g/mol. The average Bonchev–Trinajstić information content (AvgIpc) is 2.79. The molecule has 1 aliphatic heterocycles. The summed E-state index contributed by atoms with van der Waals surface area (Å²) in [6.07, 6.45) is 0.982. The van der Waals surface area contributed by atoms with Gasteiger partial charge in [-0.3, -0.25) is 4.90 Å². The molecule has 0 saturated carbocycles. The van der Waals surface area contributed by atoms with Crippen molar-refractivity contribution in [2.75, 3.05) is 13.7 Å². The van der Waals surface area contributed by atoms with Crippen molar-refractivity contribution >= 4 is 0 Å². The number of ether oxygens (including phenoxy) is 1. The molecule has 0 amide bonds. The third kappa shape index (κ3) is 2.65. The smallest absolute Gasteiger partial charge is 0.136 e. The molecule has 0 radical (unpaired) electrons. The van der Waals surface area contributed by atoms with E-state index in [0.717, 1.165) is 18.5 Å². The maximum atomic E-state index is 9.23. The van der Waals surface area contributed by atoms with Crippen LogP contribution in [0.2, 0.25) is 0 Å². The average molecular weight is 273 g/mol. The summed E-state index contributed by atoms with van der Waals surface area (Å²) in [5.74, 6) is 0.616. The maximum absolute atomic E-state index is 9.23. The Morgan fingerprint density at radius 3 is 2.65 bits per heavy atom. The second-order valence-corrected chi connectivity index (χ2v) is 6.33. The van der Waals surface area contributed by atoms with Gasteiger partial charge in [-0.2, -0.15) is 5.26 Å². The summed E-state index contributed by atoms with van der Waals surface area (Å²) < 4.78 is 5.21. The number of likely N-dealkylation sites (tertiary alicyclic amines) is 1. The van der Waals surface area contributed by atoms with Crippen molar-refractivity contribution < 1.29 is 4.74 Å². The Morgan fingerprint density at radius 1 is 1.40 bits per heavy atom. The van der Waals surface area contributed by atoms with Gasteiger partial charge in [-0.1, -0.05) is 6.07 Å². The molecule has 2 rings (SSSR count). The van der Waals surface area contributed by atoms with Gasteiger partial charge in [-0.15, -0.1) is 0 Å². The molecule has 1 heterocycles. The molecule has 1 aromatic rings. The molecule has 2 unspecified atom stereocenters. The Balaban J connectivity index is 2.41. The van der Waals surface area contributed by atoms with Gasteiger partial charge < -0.3 is 10.5 Å². The van der Waals surface area contributed by atoms with Crippen LogP contribution in [0.3, 0.4) is 0 Å². The van der Waals surface area contributed by atoms with E-state index in [4.69, 9.17) is 10.5 Å². The quantitative estimate of drug-likeness (QED) is 0.899. The van der Waals surface area contributed by atoms with E-state index in [1.807, 2.05) is 18.2 Å². The second-order valence-electron chi connectivity index (χ2n) is 6.33. The topological polar surface area (TPSA) is 62.3 Å². The third-order valence-electron chi connectivity index (χ3n) is 3.99. The van der Waals surface area contributed by atoms with Crippen molar-refractivity contribution in [3.63, 3.8) is 0 Å². The van der Waals surface area contributed by atoms with Crippen molar-refractivity contribution in [1.29, 1.82) is 5.26 Å². The highest BCUT2D eigenvalue weighted by Gasteiger charge is 2.38. The molecule has 0 spiro atoms. The third-order valence-corrected chi connectivity index (χ3v) is 3.99. The number of hydrogen-bond donors (Lipinski definition) is 1. The van der Waals surface area contributed by atoms with Gasteiger partial charge in [0.1, 0.15) is 11.8 Å². The first kappa shape index (κ1) is 14.8. The molecule has 20 heavy (non-hydrogen) atoms. The lowest BCUT2D eigenvalue weighted by molar-refractivity contribution is 0.117. The van der Waals surface area contributed by atoms with Crippen LogP contribution in [0.5, 0.6) is 5.75 Å². The van der Waals surface area contributed by atoms with Crippen LogP contribution in [0.15, 0.2) is 18.2 Å². The zero-order valence-electron chi connectivity index (χ0n) is 12.7. The Bertz CT molecular complexity index is 528. The highest BCUT2D eigenvalue weighted by molar-refractivity contribution is 5.46. The monoisotopic (exact) mass is 273 g/mol. The molecule has 0 aliphatic carbocycles. The lowest BCUT2D eigenvalue weighted by Crippen LogP contribution is -2.43. The first-order chi connectivity index (χ1) is 9.38. The van der Waals surface area contributed by atoms with E-state index in [0.29, 0.717) is 11.3 Å². The van der Waals surface area contributed by atoms with Crippen LogP contribution in [0.4, 0.5) is 0 Å². The number of nitriles is 1. The minimum Gasteiger partial charge on any atom is -0.495 e. The Morgan fingerprint density at radius 2 is 2.10 bits per heavy atom. The summed E-state index contributed by atoms with van der Waals surface area (Å²) >= 11 is 0. The number of rotatable bonds is 2. The van der Waals surface area contributed by atoms with Crippen molar-refractivity contribution in [1.82, 2.24) is 4.90 Å². The van der Waals surface area contributed by atoms with Gasteiger partial charge in [0.15, 0.2) is 0 Å². The Labute approximate surface area is 121 Å². The van der Waals surface area contributed by atoms with Gasteiger partial charge in [0, 0.05) is 18.1 Å². The van der Waals surface area contributed by atoms with Crippen LogP contribution in [0, 0.1) is 11.3 Å². The molecule has 1 fully saturated rings. The highest BCUT2D eigenvalue weighted by Crippen LogP contribution is 2.37. The normalized spacial score (nSPS) is 23.6. The Kier molecular flexibility index (Phi) is 4.03. The van der Waals surface area contributed by atoms with Gasteiger partial charge >= 0.3 is 0 Å². The van der Waals surface area contributed by atoms with E-state index >= 15 is 0 Å². The van der Waals surface area contributed by atoms with Gasteiger partial charge in [-0.05, 0) is 44.9 Å². The van der Waals surface area contributed by atoms with Gasteiger partial charge in [0.2, 0.25) is 0 Å². The first-order valence-corrected chi connectivity index (χ1v) is 6.99. The number of hydrogen-bond acceptors (Lipinski definition) is 4. The van der Waals surface area contributed by atoms with Crippen molar-refractivity contribution in [2.45, 2.75) is 44.8 Å². The molecular formula is C16H23N3O. The molecule has 4 nitrogen and oxygen atoms in total. The van der Waals surface area contributed by atoms with Gasteiger partial charge in [-0.25, -0.2) is 0 Å². The van der Waals surface area contributed by atoms with Crippen molar-refractivity contribution in [3.05, 3.63) is 29.3 Å². The fourth-order valence-corrected chi connectivity index (χ4v) is 2.99. The lowest BCUT2D eigenvalue weighted by Gasteiger charge is -2.38. The van der Waals surface area contributed by atoms with Crippen LogP contribution in [0.25, 0.3) is 0 Å². The van der Waals surface area contributed by atoms with Crippen LogP contribution < -0.4 is 10.5 Å². The molecule has 2 N–H and O–H groups in total. The SMILES string of the molecule is COc1ccc(C2C(N)CCN2C(C)(C)C)cc1C#N. The molecule has 0 aromatic heterocycles. The molecule has 1 aliphatic rings. The zero-order valence-corrected chi connectivity index (χ0v) is 12.7. The molecule has 1 saturated heterocycles. The number of benzene rings is 1. The minimum absolute atomic E-state index is 0.0610. The van der Waals surface area contributed by atoms with Crippen LogP contribution in [-0.4, -0.2) is 30.1 Å². The first-order valence-electron chi connectivity index (χ1n) is 6.99. The van der Waals surface area contributed by atoms with E-state index in [2.05, 4.69) is 31.7 Å². The van der Waals surface area contributed by atoms with Crippen LogP contribution in [0.1, 0.15) is 44.4 Å². The van der Waals surface area contributed by atoms with E-state index in [1.165, 1.54) is 0 Å². The number of nitrogens with two attached hydrogens (primary N) is 1. The fourth-order valence-electron chi connectivity index (χ4n) is 2.99. The molecule has 0 bridgehead atoms. The summed E-state index contributed by atoms with van der Waals surface area (Å²) in [5.41, 5.74) is 8.03. The summed E-state index contributed by atoms with van der Waals surface area (Å²) in [4.78, 5) is 2.42. The number of methoxy groups -OCH3 is 1. The summed E-state index contributed by atoms with van der Waals surface area (Å²) in [5, 5.41) is 9.23. The predicted molar refractivity (Wildman–Crippen MR) is 79.5 cm³/mol. The highest BCUT2D eigenvalue weighted by atomic mass is 16.5. The Hall–Kier alpha value is -1.57. The summed E-state index contributed by atoms with van der Waals surface area (Å²) in [6, 6.07) is 8.25. The van der Waals surface area contributed by atoms with Crippen molar-refractivity contribution in [2.24, 2.45) is 5.73 Å². The predicted octanol–water partition coefficient (Wildman–Crippen LogP) is 2.44. The largest absolute Gasteiger partial charge is 0.495 e. The molecule has 2 atom stereocenters. The summed E-state index contributed by atoms with van der Waals surface area (Å²) in [6.45, 7) is 7.59. The van der Waals surface area contributed by atoms with E-state index in [1.54, 1.807) is 7.11 Å². The lowest BCUT2D eigenvalue weighted by atomic mass is 9.95. The van der Waals surface area contributed by atoms with E-state index < -0.39 is 0 Å². The molecule has 108 valence electrons. The van der Waals surface area contributed by atoms with E-state index in [9.17, 15) is 5.26 Å². The van der Waals surface area contributed by atoms with Crippen LogP contribution in [-0.2, 0) is 0 Å². The van der Waals surface area contributed by atoms with Crippen molar-refractivity contribution in [3.8, 4) is 11.8 Å². The maximum Gasteiger partial charge on any atom is 0.136 e. The van der Waals surface area contributed by atoms with Crippen LogP contribution >= 0.6 is 0 Å². The standard InChI is InChI=1S/C16H23N3O/c1-16(2,3)19-8-7-13(18)15(19)11-5-6-14(20-4)12(9-11)10-17/h5-6,9,13,15H,7-8,18H2,1-4H3. The molecule has 4 heteroatoms.